The summed E-state index contributed by atoms with van der Waals surface area (Å²) in [7, 11) is 0. The number of benzene rings is 1. The number of hydrogen-bond donors (Lipinski definition) is 2. The molecular weight excluding hydrogens is 307 g/mol. The maximum Gasteiger partial charge on any atom is 0.224 e. The minimum Gasteiger partial charge on any atom is -0.593 e. The lowest BCUT2D eigenvalue weighted by atomic mass is 10.3. The average molecular weight is 317 g/mol. The molecule has 2 rings (SSSR count). The summed E-state index contributed by atoms with van der Waals surface area (Å²) in [6, 6.07) is 7.26. The zero-order chi connectivity index (χ0) is 13.8. The standard InChI is InChI=1S/C11H10Cl2N4OS/c1-19(18)17-9-5-3-2-4-8(9)15-10-7(12)6-14-11(13)16-10/h2-6,17H,1H3,(H,14,15,16). The van der Waals surface area contributed by atoms with Crippen LogP contribution in [0.15, 0.2) is 30.5 Å². The number of aromatic nitrogens is 2. The van der Waals surface area contributed by atoms with Gasteiger partial charge in [0.2, 0.25) is 5.28 Å². The molecule has 100 valence electrons. The van der Waals surface area contributed by atoms with Gasteiger partial charge in [-0.3, -0.25) is 0 Å². The van der Waals surface area contributed by atoms with E-state index < -0.39 is 11.4 Å². The molecule has 2 aromatic rings. The van der Waals surface area contributed by atoms with E-state index in [2.05, 4.69) is 20.0 Å². The molecule has 1 unspecified atom stereocenters. The van der Waals surface area contributed by atoms with Crippen molar-refractivity contribution in [3.63, 3.8) is 0 Å². The van der Waals surface area contributed by atoms with E-state index in [1.54, 1.807) is 12.3 Å². The largest absolute Gasteiger partial charge is 0.593 e. The Morgan fingerprint density at radius 2 is 1.89 bits per heavy atom. The van der Waals surface area contributed by atoms with Crippen LogP contribution in [-0.4, -0.2) is 20.8 Å². The molecular formula is C11H10Cl2N4OS. The third kappa shape index (κ3) is 3.87. The van der Waals surface area contributed by atoms with Crippen LogP contribution in [0.1, 0.15) is 0 Å². The molecule has 1 heterocycles. The molecule has 0 radical (unpaired) electrons. The first-order valence-electron chi connectivity index (χ1n) is 5.20. The van der Waals surface area contributed by atoms with Gasteiger partial charge in [-0.05, 0) is 23.7 Å². The van der Waals surface area contributed by atoms with Crippen LogP contribution in [0.5, 0.6) is 0 Å². The van der Waals surface area contributed by atoms with Gasteiger partial charge in [-0.2, -0.15) is 4.98 Å². The van der Waals surface area contributed by atoms with E-state index >= 15 is 0 Å². The SMILES string of the molecule is C[S+]([O-])Nc1ccccc1Nc1nc(Cl)ncc1Cl. The second-order valence-corrected chi connectivity index (χ2v) is 5.42. The fraction of sp³-hybridized carbons (Fsp3) is 0.0909. The lowest BCUT2D eigenvalue weighted by Crippen LogP contribution is -2.11. The van der Waals surface area contributed by atoms with Crippen LogP contribution >= 0.6 is 23.2 Å². The fourth-order valence-electron chi connectivity index (χ4n) is 1.40. The van der Waals surface area contributed by atoms with Crippen LogP contribution in [0.3, 0.4) is 0 Å². The number of hydrogen-bond acceptors (Lipinski definition) is 5. The Bertz CT molecular complexity index is 582. The number of anilines is 3. The highest BCUT2D eigenvalue weighted by atomic mass is 35.5. The first kappa shape index (κ1) is 14.2. The van der Waals surface area contributed by atoms with E-state index in [1.165, 1.54) is 6.20 Å². The maximum absolute atomic E-state index is 11.2. The van der Waals surface area contributed by atoms with Crippen LogP contribution in [0.4, 0.5) is 17.2 Å². The van der Waals surface area contributed by atoms with Crippen LogP contribution in [0.25, 0.3) is 0 Å². The normalized spacial score (nSPS) is 12.0. The van der Waals surface area contributed by atoms with Gasteiger partial charge in [0.15, 0.2) is 5.82 Å². The third-order valence-corrected chi connectivity index (χ3v) is 3.11. The summed E-state index contributed by atoms with van der Waals surface area (Å²) in [5, 5.41) is 3.46. The summed E-state index contributed by atoms with van der Waals surface area (Å²) >= 11 is 10.5. The summed E-state index contributed by atoms with van der Waals surface area (Å²) < 4.78 is 14.1. The molecule has 0 bridgehead atoms. The maximum atomic E-state index is 11.2. The third-order valence-electron chi connectivity index (χ3n) is 2.15. The van der Waals surface area contributed by atoms with Crippen LogP contribution in [0.2, 0.25) is 10.3 Å². The molecule has 0 fully saturated rings. The highest BCUT2D eigenvalue weighted by Gasteiger charge is 2.09. The molecule has 5 nitrogen and oxygen atoms in total. The van der Waals surface area contributed by atoms with Crippen LogP contribution < -0.4 is 10.0 Å². The molecule has 1 aromatic heterocycles. The van der Waals surface area contributed by atoms with Gasteiger partial charge in [0.25, 0.3) is 0 Å². The summed E-state index contributed by atoms with van der Waals surface area (Å²) in [4.78, 5) is 7.77. The first-order chi connectivity index (χ1) is 9.06. The van der Waals surface area contributed by atoms with E-state index in [4.69, 9.17) is 23.2 Å². The zero-order valence-electron chi connectivity index (χ0n) is 9.85. The van der Waals surface area contributed by atoms with Crippen LogP contribution in [-0.2, 0) is 11.4 Å². The Kier molecular flexibility index (Phi) is 4.71. The van der Waals surface area contributed by atoms with E-state index in [-0.39, 0.29) is 5.28 Å². The Morgan fingerprint density at radius 3 is 2.58 bits per heavy atom. The molecule has 0 saturated carbocycles. The molecule has 2 N–H and O–H groups in total. The summed E-state index contributed by atoms with van der Waals surface area (Å²) in [6.07, 6.45) is 2.96. The fourth-order valence-corrected chi connectivity index (χ4v) is 2.16. The second kappa shape index (κ2) is 6.29. The predicted molar refractivity (Wildman–Crippen MR) is 79.5 cm³/mol. The molecule has 0 saturated heterocycles. The highest BCUT2D eigenvalue weighted by Crippen LogP contribution is 2.28. The predicted octanol–water partition coefficient (Wildman–Crippen LogP) is 3.23. The number of nitrogens with zero attached hydrogens (tertiary/aromatic N) is 2. The van der Waals surface area contributed by atoms with Gasteiger partial charge in [0.05, 0.1) is 23.2 Å². The van der Waals surface area contributed by atoms with Crippen molar-refractivity contribution < 1.29 is 4.55 Å². The molecule has 1 atom stereocenters. The molecule has 0 spiro atoms. The van der Waals surface area contributed by atoms with Crippen molar-refractivity contribution in [2.75, 3.05) is 16.3 Å². The van der Waals surface area contributed by atoms with Crippen LogP contribution in [0, 0.1) is 0 Å². The van der Waals surface area contributed by atoms with Gasteiger partial charge in [0.1, 0.15) is 17.0 Å². The molecule has 0 aliphatic heterocycles. The second-order valence-electron chi connectivity index (χ2n) is 3.56. The Balaban J connectivity index is 2.30. The van der Waals surface area contributed by atoms with Crippen molar-refractivity contribution in [3.8, 4) is 0 Å². The smallest absolute Gasteiger partial charge is 0.224 e. The van der Waals surface area contributed by atoms with Gasteiger partial charge in [-0.1, -0.05) is 23.7 Å². The van der Waals surface area contributed by atoms with E-state index in [0.29, 0.717) is 22.2 Å². The topological polar surface area (TPSA) is 72.9 Å². The lowest BCUT2D eigenvalue weighted by Gasteiger charge is -2.13. The van der Waals surface area contributed by atoms with E-state index in [0.717, 1.165) is 0 Å². The summed E-state index contributed by atoms with van der Waals surface area (Å²) in [5.41, 5.74) is 1.36. The van der Waals surface area contributed by atoms with Gasteiger partial charge in [-0.15, -0.1) is 0 Å². The van der Waals surface area contributed by atoms with Crippen molar-refractivity contribution in [2.45, 2.75) is 0 Å². The van der Waals surface area contributed by atoms with Crippen molar-refractivity contribution in [1.29, 1.82) is 0 Å². The van der Waals surface area contributed by atoms with E-state index in [9.17, 15) is 4.55 Å². The number of nitrogens with one attached hydrogen (secondary N) is 2. The summed E-state index contributed by atoms with van der Waals surface area (Å²) in [6.45, 7) is 0. The highest BCUT2D eigenvalue weighted by molar-refractivity contribution is 7.92. The zero-order valence-corrected chi connectivity index (χ0v) is 12.2. The van der Waals surface area contributed by atoms with Crippen molar-refractivity contribution >= 4 is 51.8 Å². The molecule has 0 aliphatic rings. The van der Waals surface area contributed by atoms with Gasteiger partial charge < -0.3 is 9.87 Å². The lowest BCUT2D eigenvalue weighted by molar-refractivity contribution is 0.606. The Labute approximate surface area is 123 Å². The number of halogens is 2. The van der Waals surface area contributed by atoms with Gasteiger partial charge in [-0.25, -0.2) is 9.71 Å². The van der Waals surface area contributed by atoms with Crippen molar-refractivity contribution in [1.82, 2.24) is 9.97 Å². The minimum absolute atomic E-state index is 0.0939. The number of para-hydroxylation sites is 2. The van der Waals surface area contributed by atoms with E-state index in [1.807, 2.05) is 18.2 Å². The molecule has 19 heavy (non-hydrogen) atoms. The van der Waals surface area contributed by atoms with Gasteiger partial charge >= 0.3 is 0 Å². The molecule has 1 aromatic carbocycles. The van der Waals surface area contributed by atoms with Crippen molar-refractivity contribution in [2.24, 2.45) is 0 Å². The average Bonchev–Trinajstić information content (AvgIpc) is 2.35. The van der Waals surface area contributed by atoms with Crippen molar-refractivity contribution in [3.05, 3.63) is 40.8 Å². The minimum atomic E-state index is -1.18. The quantitative estimate of drug-likeness (QED) is 0.669. The monoisotopic (exact) mass is 316 g/mol. The number of rotatable bonds is 4. The first-order valence-corrected chi connectivity index (χ1v) is 7.52. The summed E-state index contributed by atoms with van der Waals surface area (Å²) in [5.74, 6) is 0.387. The Hall–Kier alpha value is -1.21. The van der Waals surface area contributed by atoms with Gasteiger partial charge in [0, 0.05) is 0 Å². The molecule has 0 aliphatic carbocycles. The molecule has 0 amide bonds. The molecule has 8 heteroatoms. The Morgan fingerprint density at radius 1 is 1.21 bits per heavy atom.